The molecule has 0 radical (unpaired) electrons. The van der Waals surface area contributed by atoms with Gasteiger partial charge in [0.15, 0.2) is 0 Å². The number of thioether (sulfide) groups is 1. The lowest BCUT2D eigenvalue weighted by Gasteiger charge is -2.25. The summed E-state index contributed by atoms with van der Waals surface area (Å²) in [5.74, 6) is -0.0752. The van der Waals surface area contributed by atoms with Crippen molar-refractivity contribution < 1.29 is 13.2 Å². The number of hydrogen-bond donors (Lipinski definition) is 0. The van der Waals surface area contributed by atoms with Crippen LogP contribution in [0.4, 0.5) is 5.69 Å². The maximum absolute atomic E-state index is 13.5. The van der Waals surface area contributed by atoms with Gasteiger partial charge in [-0.1, -0.05) is 18.2 Å². The van der Waals surface area contributed by atoms with Crippen LogP contribution in [0, 0.1) is 0 Å². The van der Waals surface area contributed by atoms with Crippen molar-refractivity contribution >= 4 is 33.4 Å². The minimum absolute atomic E-state index is 0.0752. The second kappa shape index (κ2) is 7.44. The van der Waals surface area contributed by atoms with Gasteiger partial charge in [-0.05, 0) is 62.3 Å². The van der Waals surface area contributed by atoms with E-state index < -0.39 is 10.0 Å². The van der Waals surface area contributed by atoms with E-state index in [1.165, 1.54) is 16.1 Å². The van der Waals surface area contributed by atoms with E-state index >= 15 is 0 Å². The molecule has 2 aliphatic heterocycles. The van der Waals surface area contributed by atoms with Crippen LogP contribution in [0.3, 0.4) is 0 Å². The minimum atomic E-state index is -3.75. The van der Waals surface area contributed by atoms with Gasteiger partial charge in [-0.3, -0.25) is 9.10 Å². The molecule has 0 bridgehead atoms. The van der Waals surface area contributed by atoms with Crippen molar-refractivity contribution in [3.8, 4) is 0 Å². The molecule has 2 aromatic rings. The fourth-order valence-electron chi connectivity index (χ4n) is 4.12. The van der Waals surface area contributed by atoms with Crippen LogP contribution in [-0.2, 0) is 16.4 Å². The van der Waals surface area contributed by atoms with E-state index in [4.69, 9.17) is 0 Å². The summed E-state index contributed by atoms with van der Waals surface area (Å²) in [7, 11) is -3.75. The fourth-order valence-corrected chi connectivity index (χ4v) is 6.41. The first-order valence-electron chi connectivity index (χ1n) is 9.53. The average molecular weight is 417 g/mol. The zero-order chi connectivity index (χ0) is 19.9. The molecule has 5 nitrogen and oxygen atoms in total. The number of benzene rings is 2. The molecular formula is C21H24N2O3S2. The molecule has 4 rings (SSSR count). The predicted molar refractivity (Wildman–Crippen MR) is 113 cm³/mol. The van der Waals surface area contributed by atoms with Gasteiger partial charge < -0.3 is 4.90 Å². The largest absolute Gasteiger partial charge is 0.339 e. The smallest absolute Gasteiger partial charge is 0.264 e. The third kappa shape index (κ3) is 3.20. The number of carbonyl (C=O) groups is 1. The van der Waals surface area contributed by atoms with Crippen molar-refractivity contribution in [2.24, 2.45) is 0 Å². The predicted octanol–water partition coefficient (Wildman–Crippen LogP) is 3.78. The third-order valence-electron chi connectivity index (χ3n) is 5.50. The first kappa shape index (κ1) is 19.3. The van der Waals surface area contributed by atoms with Crippen LogP contribution in [0.1, 0.15) is 35.7 Å². The molecule has 0 unspecified atom stereocenters. The molecule has 148 valence electrons. The van der Waals surface area contributed by atoms with E-state index in [-0.39, 0.29) is 16.8 Å². The molecule has 28 heavy (non-hydrogen) atoms. The van der Waals surface area contributed by atoms with E-state index in [9.17, 15) is 13.2 Å². The molecule has 7 heteroatoms. The van der Waals surface area contributed by atoms with Crippen molar-refractivity contribution in [3.63, 3.8) is 0 Å². The Bertz CT molecular complexity index is 1010. The van der Waals surface area contributed by atoms with Gasteiger partial charge in [0.25, 0.3) is 15.9 Å². The lowest BCUT2D eigenvalue weighted by atomic mass is 10.1. The first-order valence-corrected chi connectivity index (χ1v) is 12.2. The van der Waals surface area contributed by atoms with Gasteiger partial charge in [-0.2, -0.15) is 0 Å². The topological polar surface area (TPSA) is 57.7 Å². The maximum Gasteiger partial charge on any atom is 0.264 e. The molecule has 1 saturated heterocycles. The number of sulfonamides is 1. The quantitative estimate of drug-likeness (QED) is 0.712. The number of carbonyl (C=O) groups excluding carboxylic acids is 1. The second-order valence-corrected chi connectivity index (χ2v) is 10.0. The Balaban J connectivity index is 1.76. The Labute approximate surface area is 170 Å². The summed E-state index contributed by atoms with van der Waals surface area (Å²) >= 11 is 1.47. The number of hydrogen-bond acceptors (Lipinski definition) is 4. The Kier molecular flexibility index (Phi) is 5.14. The number of rotatable bonds is 4. The van der Waals surface area contributed by atoms with Crippen LogP contribution in [0.25, 0.3) is 0 Å². The lowest BCUT2D eigenvalue weighted by Crippen LogP contribution is -2.36. The molecular weight excluding hydrogens is 392 g/mol. The second-order valence-electron chi connectivity index (χ2n) is 7.34. The molecule has 2 aromatic carbocycles. The summed E-state index contributed by atoms with van der Waals surface area (Å²) in [6, 6.07) is 12.4. The number of fused-ring (bicyclic) bond motifs is 1. The monoisotopic (exact) mass is 416 g/mol. The van der Waals surface area contributed by atoms with E-state index in [0.717, 1.165) is 42.1 Å². The highest BCUT2D eigenvalue weighted by Gasteiger charge is 2.36. The van der Waals surface area contributed by atoms with Gasteiger partial charge >= 0.3 is 0 Å². The van der Waals surface area contributed by atoms with E-state index in [1.807, 2.05) is 42.3 Å². The van der Waals surface area contributed by atoms with E-state index in [0.29, 0.717) is 12.0 Å². The molecule has 0 spiro atoms. The number of likely N-dealkylation sites (tertiary alicyclic amines) is 1. The molecule has 1 atom stereocenters. The van der Waals surface area contributed by atoms with Gasteiger partial charge in [-0.15, -0.1) is 11.8 Å². The summed E-state index contributed by atoms with van der Waals surface area (Å²) < 4.78 is 28.5. The fraction of sp³-hybridized carbons (Fsp3) is 0.381. The molecule has 2 heterocycles. The van der Waals surface area contributed by atoms with Crippen molar-refractivity contribution in [1.82, 2.24) is 4.90 Å². The average Bonchev–Trinajstić information content (AvgIpc) is 3.34. The molecule has 1 amide bonds. The van der Waals surface area contributed by atoms with Crippen LogP contribution in [0.2, 0.25) is 0 Å². The Hall–Kier alpha value is -1.99. The zero-order valence-electron chi connectivity index (χ0n) is 16.1. The van der Waals surface area contributed by atoms with Crippen molar-refractivity contribution in [1.29, 1.82) is 0 Å². The summed E-state index contributed by atoms with van der Waals surface area (Å²) in [5.41, 5.74) is 2.25. The normalized spacial score (nSPS) is 19.1. The first-order chi connectivity index (χ1) is 13.4. The van der Waals surface area contributed by atoms with E-state index in [1.54, 1.807) is 18.2 Å². The Morgan fingerprint density at radius 1 is 1.11 bits per heavy atom. The Morgan fingerprint density at radius 2 is 1.82 bits per heavy atom. The van der Waals surface area contributed by atoms with Crippen molar-refractivity contribution in [3.05, 3.63) is 53.6 Å². The molecule has 0 aromatic heterocycles. The van der Waals surface area contributed by atoms with Gasteiger partial charge in [0.1, 0.15) is 0 Å². The molecule has 2 aliphatic rings. The van der Waals surface area contributed by atoms with Crippen molar-refractivity contribution in [2.45, 2.75) is 42.0 Å². The van der Waals surface area contributed by atoms with Gasteiger partial charge in [0.05, 0.1) is 16.1 Å². The van der Waals surface area contributed by atoms with Gasteiger partial charge in [0, 0.05) is 24.0 Å². The van der Waals surface area contributed by atoms with Gasteiger partial charge in [0.2, 0.25) is 0 Å². The third-order valence-corrected chi connectivity index (χ3v) is 8.22. The molecule has 0 aliphatic carbocycles. The summed E-state index contributed by atoms with van der Waals surface area (Å²) in [4.78, 5) is 15.8. The minimum Gasteiger partial charge on any atom is -0.339 e. The highest BCUT2D eigenvalue weighted by Crippen LogP contribution is 2.37. The number of nitrogens with zero attached hydrogens (tertiary/aromatic N) is 2. The van der Waals surface area contributed by atoms with E-state index in [2.05, 4.69) is 0 Å². The molecule has 1 fully saturated rings. The van der Waals surface area contributed by atoms with Gasteiger partial charge in [-0.25, -0.2) is 8.42 Å². The van der Waals surface area contributed by atoms with Crippen LogP contribution in [0.15, 0.2) is 52.3 Å². The molecule has 0 N–H and O–H groups in total. The number of para-hydroxylation sites is 1. The molecule has 0 saturated carbocycles. The standard InChI is InChI=1S/C21H24N2O3S2/c1-15-13-16-7-3-4-8-19(16)23(15)28(25,26)17-9-10-20(27-2)18(14-17)21(24)22-11-5-6-12-22/h3-4,7-10,14-15H,5-6,11-13H2,1-2H3/t15-/m1/s1. The summed E-state index contributed by atoms with van der Waals surface area (Å²) in [6.45, 7) is 3.39. The van der Waals surface area contributed by atoms with Crippen LogP contribution < -0.4 is 4.31 Å². The van der Waals surface area contributed by atoms with Crippen LogP contribution >= 0.6 is 11.8 Å². The highest BCUT2D eigenvalue weighted by atomic mass is 32.2. The van der Waals surface area contributed by atoms with Crippen LogP contribution in [0.5, 0.6) is 0 Å². The maximum atomic E-state index is 13.5. The highest BCUT2D eigenvalue weighted by molar-refractivity contribution is 7.98. The summed E-state index contributed by atoms with van der Waals surface area (Å²) in [6.07, 6.45) is 4.60. The lowest BCUT2D eigenvalue weighted by molar-refractivity contribution is 0.0789. The SMILES string of the molecule is CSc1ccc(S(=O)(=O)N2c3ccccc3C[C@H]2C)cc1C(=O)N1CCCC1. The van der Waals surface area contributed by atoms with Crippen LogP contribution in [-0.4, -0.2) is 44.6 Å². The number of amides is 1. The van der Waals surface area contributed by atoms with Crippen molar-refractivity contribution in [2.75, 3.05) is 23.7 Å². The zero-order valence-corrected chi connectivity index (χ0v) is 17.7. The summed E-state index contributed by atoms with van der Waals surface area (Å²) in [5, 5.41) is 0. The Morgan fingerprint density at radius 3 is 2.54 bits per heavy atom. The number of anilines is 1.